The van der Waals surface area contributed by atoms with Crippen molar-refractivity contribution in [2.45, 2.75) is 25.9 Å². The third-order valence-corrected chi connectivity index (χ3v) is 4.14. The van der Waals surface area contributed by atoms with Crippen LogP contribution in [0.5, 0.6) is 0 Å². The van der Waals surface area contributed by atoms with Crippen LogP contribution < -0.4 is 10.6 Å². The van der Waals surface area contributed by atoms with Gasteiger partial charge in [0.1, 0.15) is 0 Å². The van der Waals surface area contributed by atoms with Crippen LogP contribution >= 0.6 is 15.9 Å². The summed E-state index contributed by atoms with van der Waals surface area (Å²) in [4.78, 5) is 2.29. The van der Waals surface area contributed by atoms with Gasteiger partial charge in [-0.15, -0.1) is 0 Å². The number of hydrogen-bond acceptors (Lipinski definition) is 3. The minimum Gasteiger partial charge on any atom is -0.394 e. The predicted octanol–water partition coefficient (Wildman–Crippen LogP) is 2.11. The molecular weight excluding hydrogens is 280 g/mol. The Morgan fingerprint density at radius 2 is 2.29 bits per heavy atom. The second kappa shape index (κ2) is 5.38. The molecule has 1 saturated heterocycles. The van der Waals surface area contributed by atoms with E-state index < -0.39 is 0 Å². The lowest BCUT2D eigenvalue weighted by Crippen LogP contribution is -2.36. The molecule has 0 aliphatic carbocycles. The molecule has 2 atom stereocenters. The molecule has 0 radical (unpaired) electrons. The molecular formula is C13H19BrN2O. The highest BCUT2D eigenvalue weighted by molar-refractivity contribution is 9.10. The summed E-state index contributed by atoms with van der Waals surface area (Å²) in [7, 11) is 0. The van der Waals surface area contributed by atoms with Gasteiger partial charge in [0.2, 0.25) is 0 Å². The number of nitrogens with zero attached hydrogens (tertiary/aromatic N) is 1. The second-order valence-electron chi connectivity index (χ2n) is 4.69. The van der Waals surface area contributed by atoms with Crippen molar-refractivity contribution < 1.29 is 5.11 Å². The van der Waals surface area contributed by atoms with Crippen LogP contribution in [0, 0.1) is 5.92 Å². The Bertz CT molecular complexity index is 397. The minimum absolute atomic E-state index is 0.206. The number of hydrogen-bond donors (Lipinski definition) is 2. The van der Waals surface area contributed by atoms with Gasteiger partial charge in [-0.25, -0.2) is 0 Å². The summed E-state index contributed by atoms with van der Waals surface area (Å²) in [6.45, 7) is 3.93. The Morgan fingerprint density at radius 1 is 1.53 bits per heavy atom. The van der Waals surface area contributed by atoms with E-state index in [1.807, 2.05) is 6.07 Å². The van der Waals surface area contributed by atoms with Crippen LogP contribution in [0.15, 0.2) is 22.7 Å². The highest BCUT2D eigenvalue weighted by atomic mass is 79.9. The largest absolute Gasteiger partial charge is 0.394 e. The van der Waals surface area contributed by atoms with E-state index in [0.717, 1.165) is 28.7 Å². The van der Waals surface area contributed by atoms with Gasteiger partial charge in [-0.3, -0.25) is 0 Å². The van der Waals surface area contributed by atoms with Crippen LogP contribution in [0.25, 0.3) is 0 Å². The summed E-state index contributed by atoms with van der Waals surface area (Å²) in [6, 6.07) is 6.38. The molecule has 3 N–H and O–H groups in total. The van der Waals surface area contributed by atoms with Crippen molar-refractivity contribution in [1.29, 1.82) is 0 Å². The van der Waals surface area contributed by atoms with Crippen molar-refractivity contribution in [3.63, 3.8) is 0 Å². The van der Waals surface area contributed by atoms with Gasteiger partial charge in [-0.05, 0) is 30.0 Å². The van der Waals surface area contributed by atoms with E-state index in [-0.39, 0.29) is 12.6 Å². The normalized spacial score (nSPS) is 24.4. The fourth-order valence-corrected chi connectivity index (χ4v) is 2.91. The van der Waals surface area contributed by atoms with Gasteiger partial charge in [0.25, 0.3) is 0 Å². The lowest BCUT2D eigenvalue weighted by Gasteiger charge is -2.29. The average Bonchev–Trinajstić information content (AvgIpc) is 2.70. The van der Waals surface area contributed by atoms with Crippen molar-refractivity contribution in [1.82, 2.24) is 0 Å². The molecule has 1 aromatic rings. The highest BCUT2D eigenvalue weighted by Crippen LogP contribution is 2.33. The molecule has 0 aromatic heterocycles. The average molecular weight is 299 g/mol. The fraction of sp³-hybridized carbons (Fsp3) is 0.538. The van der Waals surface area contributed by atoms with Gasteiger partial charge >= 0.3 is 0 Å². The minimum atomic E-state index is 0.206. The first-order chi connectivity index (χ1) is 8.17. The molecule has 4 heteroatoms. The molecule has 1 fully saturated rings. The number of aliphatic hydroxyl groups is 1. The zero-order valence-electron chi connectivity index (χ0n) is 10.1. The van der Waals surface area contributed by atoms with Gasteiger partial charge < -0.3 is 15.7 Å². The zero-order valence-corrected chi connectivity index (χ0v) is 11.7. The summed E-state index contributed by atoms with van der Waals surface area (Å²) in [6.07, 6.45) is 1.13. The van der Waals surface area contributed by atoms with E-state index in [2.05, 4.69) is 39.9 Å². The number of nitrogens with two attached hydrogens (primary N) is 1. The molecule has 0 spiro atoms. The first-order valence-corrected chi connectivity index (χ1v) is 6.82. The van der Waals surface area contributed by atoms with Crippen molar-refractivity contribution in [3.8, 4) is 0 Å². The molecule has 1 aliphatic heterocycles. The van der Waals surface area contributed by atoms with Crippen molar-refractivity contribution in [3.05, 3.63) is 28.2 Å². The molecule has 2 rings (SSSR count). The SMILES string of the molecule is CC1CCN(c2cc(Br)ccc2CN)C1CO. The van der Waals surface area contributed by atoms with Crippen molar-refractivity contribution in [2.24, 2.45) is 11.7 Å². The highest BCUT2D eigenvalue weighted by Gasteiger charge is 2.31. The maximum absolute atomic E-state index is 9.52. The summed E-state index contributed by atoms with van der Waals surface area (Å²) in [5.41, 5.74) is 8.08. The van der Waals surface area contributed by atoms with Crippen LogP contribution in [0.2, 0.25) is 0 Å². The molecule has 3 nitrogen and oxygen atoms in total. The number of halogens is 1. The summed E-state index contributed by atoms with van der Waals surface area (Å²) in [5.74, 6) is 0.532. The van der Waals surface area contributed by atoms with E-state index in [1.54, 1.807) is 0 Å². The van der Waals surface area contributed by atoms with E-state index in [9.17, 15) is 5.11 Å². The molecule has 1 aliphatic rings. The Kier molecular flexibility index (Phi) is 4.07. The van der Waals surface area contributed by atoms with Gasteiger partial charge in [0.15, 0.2) is 0 Å². The predicted molar refractivity (Wildman–Crippen MR) is 74.0 cm³/mol. The van der Waals surface area contributed by atoms with Crippen LogP contribution in [-0.4, -0.2) is 24.3 Å². The Balaban J connectivity index is 2.35. The van der Waals surface area contributed by atoms with E-state index in [0.29, 0.717) is 12.5 Å². The first kappa shape index (κ1) is 12.9. The van der Waals surface area contributed by atoms with Gasteiger partial charge in [0.05, 0.1) is 12.6 Å². The standard InChI is InChI=1S/C13H19BrN2O/c1-9-4-5-16(13(9)8-17)12-6-11(14)3-2-10(12)7-15/h2-3,6,9,13,17H,4-5,7-8,15H2,1H3. The monoisotopic (exact) mass is 298 g/mol. The summed E-state index contributed by atoms with van der Waals surface area (Å²) >= 11 is 3.50. The molecule has 1 aromatic carbocycles. The smallest absolute Gasteiger partial charge is 0.0637 e. The number of benzene rings is 1. The third-order valence-electron chi connectivity index (χ3n) is 3.65. The maximum Gasteiger partial charge on any atom is 0.0637 e. The van der Waals surface area contributed by atoms with E-state index >= 15 is 0 Å². The number of rotatable bonds is 3. The lowest BCUT2D eigenvalue weighted by molar-refractivity contribution is 0.244. The first-order valence-electron chi connectivity index (χ1n) is 6.03. The summed E-state index contributed by atoms with van der Waals surface area (Å²) < 4.78 is 1.06. The third kappa shape index (κ3) is 2.49. The van der Waals surface area contributed by atoms with Gasteiger partial charge in [-0.1, -0.05) is 28.9 Å². The second-order valence-corrected chi connectivity index (χ2v) is 5.60. The number of anilines is 1. The lowest BCUT2D eigenvalue weighted by atomic mass is 10.0. The molecule has 0 bridgehead atoms. The molecule has 17 heavy (non-hydrogen) atoms. The van der Waals surface area contributed by atoms with E-state index in [1.165, 1.54) is 0 Å². The molecule has 2 unspecified atom stereocenters. The Labute approximate surface area is 111 Å². The molecule has 1 heterocycles. The quantitative estimate of drug-likeness (QED) is 0.899. The van der Waals surface area contributed by atoms with Crippen LogP contribution in [0.3, 0.4) is 0 Å². The molecule has 0 saturated carbocycles. The van der Waals surface area contributed by atoms with Crippen molar-refractivity contribution >= 4 is 21.6 Å². The topological polar surface area (TPSA) is 49.5 Å². The Hall–Kier alpha value is -0.580. The van der Waals surface area contributed by atoms with Gasteiger partial charge in [0, 0.05) is 23.2 Å². The van der Waals surface area contributed by atoms with Crippen molar-refractivity contribution in [2.75, 3.05) is 18.1 Å². The maximum atomic E-state index is 9.52. The van der Waals surface area contributed by atoms with E-state index in [4.69, 9.17) is 5.73 Å². The Morgan fingerprint density at radius 3 is 2.94 bits per heavy atom. The van der Waals surface area contributed by atoms with Gasteiger partial charge in [-0.2, -0.15) is 0 Å². The van der Waals surface area contributed by atoms with Crippen LogP contribution in [-0.2, 0) is 6.54 Å². The van der Waals surface area contributed by atoms with Crippen LogP contribution in [0.4, 0.5) is 5.69 Å². The summed E-state index contributed by atoms with van der Waals surface area (Å²) in [5, 5.41) is 9.52. The molecule has 0 amide bonds. The zero-order chi connectivity index (χ0) is 12.4. The molecule has 94 valence electrons. The van der Waals surface area contributed by atoms with Crippen LogP contribution in [0.1, 0.15) is 18.9 Å². The fourth-order valence-electron chi connectivity index (χ4n) is 2.56. The number of aliphatic hydroxyl groups excluding tert-OH is 1.